The molecule has 6 heteroatoms. The van der Waals surface area contributed by atoms with Gasteiger partial charge in [0.2, 0.25) is 0 Å². The second kappa shape index (κ2) is 7.01. The lowest BCUT2D eigenvalue weighted by Crippen LogP contribution is -2.14. The van der Waals surface area contributed by atoms with Crippen LogP contribution in [0, 0.1) is 0 Å². The van der Waals surface area contributed by atoms with Crippen LogP contribution in [0.2, 0.25) is 0 Å². The molecule has 6 nitrogen and oxygen atoms in total. The van der Waals surface area contributed by atoms with Gasteiger partial charge in [-0.3, -0.25) is 4.79 Å². The molecule has 1 atom stereocenters. The van der Waals surface area contributed by atoms with Gasteiger partial charge in [-0.2, -0.15) is 0 Å². The van der Waals surface area contributed by atoms with Crippen molar-refractivity contribution < 1.29 is 14.6 Å². The first-order valence-corrected chi connectivity index (χ1v) is 5.75. The van der Waals surface area contributed by atoms with Crippen LogP contribution < -0.4 is 0 Å². The SMILES string of the molecule is COC(C)Cn1cc(CCCCC(=O)O)nn1. The first-order chi connectivity index (χ1) is 8.11. The molecule has 17 heavy (non-hydrogen) atoms. The highest BCUT2D eigenvalue weighted by Crippen LogP contribution is 2.04. The molecule has 1 rings (SSSR count). The predicted octanol–water partition coefficient (Wildman–Crippen LogP) is 1.11. The lowest BCUT2D eigenvalue weighted by Gasteiger charge is -2.07. The molecule has 0 saturated carbocycles. The van der Waals surface area contributed by atoms with Crippen LogP contribution in [0.4, 0.5) is 0 Å². The summed E-state index contributed by atoms with van der Waals surface area (Å²) in [6.45, 7) is 2.65. The molecule has 0 saturated heterocycles. The van der Waals surface area contributed by atoms with Gasteiger partial charge < -0.3 is 9.84 Å². The van der Waals surface area contributed by atoms with E-state index in [9.17, 15) is 4.79 Å². The molecule has 1 aromatic heterocycles. The van der Waals surface area contributed by atoms with Crippen molar-refractivity contribution in [3.63, 3.8) is 0 Å². The smallest absolute Gasteiger partial charge is 0.303 e. The summed E-state index contributed by atoms with van der Waals surface area (Å²) in [6.07, 6.45) is 4.48. The van der Waals surface area contributed by atoms with Crippen LogP contribution in [0.25, 0.3) is 0 Å². The Morgan fingerprint density at radius 2 is 2.35 bits per heavy atom. The third kappa shape index (κ3) is 5.44. The van der Waals surface area contributed by atoms with Crippen molar-refractivity contribution in [1.82, 2.24) is 15.0 Å². The maximum atomic E-state index is 10.3. The number of aliphatic carboxylic acids is 1. The van der Waals surface area contributed by atoms with Crippen molar-refractivity contribution in [3.8, 4) is 0 Å². The molecule has 0 aromatic carbocycles. The Bertz CT molecular complexity index is 351. The number of aryl methyl sites for hydroxylation is 1. The van der Waals surface area contributed by atoms with Gasteiger partial charge in [-0.25, -0.2) is 4.68 Å². The van der Waals surface area contributed by atoms with Crippen molar-refractivity contribution in [2.45, 2.75) is 45.3 Å². The van der Waals surface area contributed by atoms with Crippen molar-refractivity contribution in [2.24, 2.45) is 0 Å². The number of nitrogens with zero attached hydrogens (tertiary/aromatic N) is 3. The second-order valence-electron chi connectivity index (χ2n) is 4.08. The number of aromatic nitrogens is 3. The van der Waals surface area contributed by atoms with E-state index < -0.39 is 5.97 Å². The fourth-order valence-electron chi connectivity index (χ4n) is 1.46. The topological polar surface area (TPSA) is 77.2 Å². The summed E-state index contributed by atoms with van der Waals surface area (Å²) >= 11 is 0. The van der Waals surface area contributed by atoms with E-state index >= 15 is 0 Å². The first-order valence-electron chi connectivity index (χ1n) is 5.75. The summed E-state index contributed by atoms with van der Waals surface area (Å²) in [6, 6.07) is 0. The van der Waals surface area contributed by atoms with Gasteiger partial charge in [-0.1, -0.05) is 5.21 Å². The molecule has 1 aromatic rings. The van der Waals surface area contributed by atoms with Gasteiger partial charge in [0.05, 0.1) is 18.3 Å². The van der Waals surface area contributed by atoms with E-state index in [1.807, 2.05) is 13.1 Å². The predicted molar refractivity (Wildman–Crippen MR) is 61.7 cm³/mol. The van der Waals surface area contributed by atoms with Crippen LogP contribution in [0.5, 0.6) is 0 Å². The quantitative estimate of drug-likeness (QED) is 0.690. The van der Waals surface area contributed by atoms with E-state index in [0.717, 1.165) is 18.5 Å². The number of rotatable bonds is 8. The molecule has 1 N–H and O–H groups in total. The molecule has 1 unspecified atom stereocenters. The summed E-state index contributed by atoms with van der Waals surface area (Å²) in [5.74, 6) is -0.748. The van der Waals surface area contributed by atoms with Gasteiger partial charge in [-0.05, 0) is 26.2 Å². The maximum absolute atomic E-state index is 10.3. The van der Waals surface area contributed by atoms with Gasteiger partial charge >= 0.3 is 5.97 Å². The van der Waals surface area contributed by atoms with E-state index in [1.54, 1.807) is 11.8 Å². The molecule has 0 bridgehead atoms. The van der Waals surface area contributed by atoms with Gasteiger partial charge in [0.15, 0.2) is 0 Å². The van der Waals surface area contributed by atoms with E-state index in [0.29, 0.717) is 13.0 Å². The Kier molecular flexibility index (Phi) is 5.62. The number of methoxy groups -OCH3 is 1. The van der Waals surface area contributed by atoms with Crippen molar-refractivity contribution >= 4 is 5.97 Å². The lowest BCUT2D eigenvalue weighted by atomic mass is 10.1. The zero-order valence-corrected chi connectivity index (χ0v) is 10.3. The lowest BCUT2D eigenvalue weighted by molar-refractivity contribution is -0.137. The third-order valence-corrected chi connectivity index (χ3v) is 2.51. The van der Waals surface area contributed by atoms with E-state index in [1.165, 1.54) is 0 Å². The molecular weight excluding hydrogens is 222 g/mol. The average Bonchev–Trinajstić information content (AvgIpc) is 2.72. The summed E-state index contributed by atoms with van der Waals surface area (Å²) in [5.41, 5.74) is 0.902. The van der Waals surface area contributed by atoms with Crippen LogP contribution >= 0.6 is 0 Å². The highest BCUT2D eigenvalue weighted by molar-refractivity contribution is 5.66. The molecule has 0 aliphatic heterocycles. The Morgan fingerprint density at radius 3 is 3.00 bits per heavy atom. The molecule has 0 amide bonds. The number of hydrogen-bond donors (Lipinski definition) is 1. The van der Waals surface area contributed by atoms with Gasteiger partial charge in [0.25, 0.3) is 0 Å². The minimum atomic E-state index is -0.748. The number of carbonyl (C=O) groups is 1. The second-order valence-corrected chi connectivity index (χ2v) is 4.08. The number of ether oxygens (including phenoxy) is 1. The van der Waals surface area contributed by atoms with Crippen molar-refractivity contribution in [1.29, 1.82) is 0 Å². The number of carboxylic acids is 1. The van der Waals surface area contributed by atoms with E-state index in [4.69, 9.17) is 9.84 Å². The Balaban J connectivity index is 2.28. The highest BCUT2D eigenvalue weighted by atomic mass is 16.5. The summed E-state index contributed by atoms with van der Waals surface area (Å²) < 4.78 is 6.89. The van der Waals surface area contributed by atoms with Crippen LogP contribution in [-0.2, 0) is 22.5 Å². The van der Waals surface area contributed by atoms with Crippen LogP contribution in [0.15, 0.2) is 6.20 Å². The molecule has 0 aliphatic carbocycles. The van der Waals surface area contributed by atoms with Crippen LogP contribution in [-0.4, -0.2) is 39.3 Å². The standard InChI is InChI=1S/C11H19N3O3/c1-9(17-2)7-14-8-10(12-13-14)5-3-4-6-11(15)16/h8-9H,3-7H2,1-2H3,(H,15,16). The molecular formula is C11H19N3O3. The largest absolute Gasteiger partial charge is 0.481 e. The molecule has 0 radical (unpaired) electrons. The third-order valence-electron chi connectivity index (χ3n) is 2.51. The number of unbranched alkanes of at least 4 members (excludes halogenated alkanes) is 1. The molecule has 96 valence electrons. The van der Waals surface area contributed by atoms with E-state index in [-0.39, 0.29) is 12.5 Å². The van der Waals surface area contributed by atoms with Crippen molar-refractivity contribution in [3.05, 3.63) is 11.9 Å². The maximum Gasteiger partial charge on any atom is 0.303 e. The fraction of sp³-hybridized carbons (Fsp3) is 0.727. The number of hydrogen-bond acceptors (Lipinski definition) is 4. The average molecular weight is 241 g/mol. The highest BCUT2D eigenvalue weighted by Gasteiger charge is 2.05. The fourth-order valence-corrected chi connectivity index (χ4v) is 1.46. The minimum Gasteiger partial charge on any atom is -0.481 e. The number of carboxylic acid groups (broad SMARTS) is 1. The molecule has 0 aliphatic rings. The van der Waals surface area contributed by atoms with Crippen molar-refractivity contribution in [2.75, 3.05) is 7.11 Å². The van der Waals surface area contributed by atoms with Gasteiger partial charge in [-0.15, -0.1) is 5.10 Å². The monoisotopic (exact) mass is 241 g/mol. The summed E-state index contributed by atoms with van der Waals surface area (Å²) in [5, 5.41) is 16.5. The minimum absolute atomic E-state index is 0.108. The van der Waals surface area contributed by atoms with Gasteiger partial charge in [0.1, 0.15) is 0 Å². The van der Waals surface area contributed by atoms with Crippen LogP contribution in [0.3, 0.4) is 0 Å². The Labute approximate surface area is 101 Å². The normalized spacial score (nSPS) is 12.6. The summed E-state index contributed by atoms with van der Waals surface area (Å²) in [4.78, 5) is 10.3. The molecule has 1 heterocycles. The first kappa shape index (κ1) is 13.6. The molecule has 0 spiro atoms. The zero-order chi connectivity index (χ0) is 12.7. The summed E-state index contributed by atoms with van der Waals surface area (Å²) in [7, 11) is 1.66. The Hall–Kier alpha value is -1.43. The van der Waals surface area contributed by atoms with Gasteiger partial charge in [0, 0.05) is 19.7 Å². The molecule has 0 fully saturated rings. The zero-order valence-electron chi connectivity index (χ0n) is 10.3. The Morgan fingerprint density at radius 1 is 1.59 bits per heavy atom. The van der Waals surface area contributed by atoms with Crippen LogP contribution in [0.1, 0.15) is 31.9 Å². The van der Waals surface area contributed by atoms with E-state index in [2.05, 4.69) is 10.3 Å².